The molecule has 0 unspecified atom stereocenters. The summed E-state index contributed by atoms with van der Waals surface area (Å²) in [5.41, 5.74) is 1.11. The lowest BCUT2D eigenvalue weighted by Crippen LogP contribution is -2.53. The molecule has 0 saturated heterocycles. The van der Waals surface area contributed by atoms with Gasteiger partial charge in [0.1, 0.15) is 5.75 Å². The van der Waals surface area contributed by atoms with Gasteiger partial charge in [0.15, 0.2) is 5.60 Å². The van der Waals surface area contributed by atoms with Gasteiger partial charge in [0, 0.05) is 6.54 Å². The predicted octanol–water partition coefficient (Wildman–Crippen LogP) is 2.92. The van der Waals surface area contributed by atoms with E-state index in [-0.39, 0.29) is 12.0 Å². The number of amides is 1. The van der Waals surface area contributed by atoms with Crippen molar-refractivity contribution in [2.75, 3.05) is 18.1 Å². The van der Waals surface area contributed by atoms with Gasteiger partial charge in [0.05, 0.1) is 18.4 Å². The molecule has 0 N–H and O–H groups in total. The first-order chi connectivity index (χ1) is 9.31. The first-order valence-electron chi connectivity index (χ1n) is 7.04. The van der Waals surface area contributed by atoms with Crippen molar-refractivity contribution in [3.05, 3.63) is 23.8 Å². The summed E-state index contributed by atoms with van der Waals surface area (Å²) in [5.74, 6) is 0.729. The second-order valence-electron chi connectivity index (χ2n) is 5.96. The highest BCUT2D eigenvalue weighted by atomic mass is 16.5. The molecule has 0 atom stereocenters. The molecule has 0 aliphatic carbocycles. The fourth-order valence-electron chi connectivity index (χ4n) is 2.28. The van der Waals surface area contributed by atoms with Gasteiger partial charge in [-0.15, -0.1) is 0 Å². The van der Waals surface area contributed by atoms with Crippen molar-refractivity contribution >= 4 is 11.6 Å². The van der Waals surface area contributed by atoms with E-state index in [0.717, 1.165) is 17.0 Å². The number of fused-ring (bicyclic) bond motifs is 1. The molecule has 2 rings (SSSR count). The first kappa shape index (κ1) is 14.9. The van der Waals surface area contributed by atoms with Gasteiger partial charge in [-0.2, -0.15) is 0 Å². The van der Waals surface area contributed by atoms with Crippen molar-refractivity contribution in [1.82, 2.24) is 0 Å². The van der Waals surface area contributed by atoms with Crippen LogP contribution in [-0.4, -0.2) is 30.8 Å². The van der Waals surface area contributed by atoms with E-state index >= 15 is 0 Å². The molecule has 1 aromatic rings. The molecule has 1 aromatic carbocycles. The number of carbonyl (C=O) groups is 1. The van der Waals surface area contributed by atoms with E-state index in [4.69, 9.17) is 9.47 Å². The smallest absolute Gasteiger partial charge is 0.270 e. The summed E-state index contributed by atoms with van der Waals surface area (Å²) in [4.78, 5) is 14.3. The summed E-state index contributed by atoms with van der Waals surface area (Å²) >= 11 is 0. The molecule has 0 aromatic heterocycles. The summed E-state index contributed by atoms with van der Waals surface area (Å²) in [6.45, 7) is 10.6. The normalized spacial score (nSPS) is 17.1. The van der Waals surface area contributed by atoms with Crippen LogP contribution in [0.2, 0.25) is 0 Å². The van der Waals surface area contributed by atoms with Crippen molar-refractivity contribution in [3.8, 4) is 5.75 Å². The highest BCUT2D eigenvalue weighted by Gasteiger charge is 2.40. The molecule has 1 aliphatic heterocycles. The average molecular weight is 277 g/mol. The van der Waals surface area contributed by atoms with Gasteiger partial charge in [0.25, 0.3) is 5.91 Å². The maximum Gasteiger partial charge on any atom is 0.270 e. The number of hydrogen-bond acceptors (Lipinski definition) is 3. The van der Waals surface area contributed by atoms with Crippen molar-refractivity contribution in [2.45, 2.75) is 46.3 Å². The van der Waals surface area contributed by atoms with Crippen LogP contribution in [0.25, 0.3) is 0 Å². The van der Waals surface area contributed by atoms with E-state index in [2.05, 4.69) is 0 Å². The monoisotopic (exact) mass is 277 g/mol. The van der Waals surface area contributed by atoms with Crippen molar-refractivity contribution in [1.29, 1.82) is 0 Å². The number of carbonyl (C=O) groups excluding carboxylic acids is 1. The highest BCUT2D eigenvalue weighted by Crippen LogP contribution is 2.38. The molecule has 0 bridgehead atoms. The Hall–Kier alpha value is -1.55. The zero-order valence-electron chi connectivity index (χ0n) is 12.9. The molecule has 0 fully saturated rings. The average Bonchev–Trinajstić information content (AvgIpc) is 2.34. The Labute approximate surface area is 120 Å². The summed E-state index contributed by atoms with van der Waals surface area (Å²) in [5, 5.41) is 0. The van der Waals surface area contributed by atoms with E-state index in [1.807, 2.05) is 39.0 Å². The number of nitrogens with zero attached hydrogens (tertiary/aromatic N) is 1. The molecule has 0 spiro atoms. The third-order valence-corrected chi connectivity index (χ3v) is 3.30. The second-order valence-corrected chi connectivity index (χ2v) is 5.96. The van der Waals surface area contributed by atoms with Crippen LogP contribution in [0.5, 0.6) is 5.75 Å². The fourth-order valence-corrected chi connectivity index (χ4v) is 2.28. The molecule has 0 saturated carbocycles. The summed E-state index contributed by atoms with van der Waals surface area (Å²) < 4.78 is 11.4. The zero-order valence-corrected chi connectivity index (χ0v) is 12.9. The molecular weight excluding hydrogens is 254 g/mol. The molecule has 110 valence electrons. The largest absolute Gasteiger partial charge is 0.476 e. The van der Waals surface area contributed by atoms with Crippen LogP contribution in [0, 0.1) is 6.92 Å². The fraction of sp³-hybridized carbons (Fsp3) is 0.562. The van der Waals surface area contributed by atoms with Crippen molar-refractivity contribution in [3.63, 3.8) is 0 Å². The van der Waals surface area contributed by atoms with Gasteiger partial charge in [-0.3, -0.25) is 4.79 Å². The minimum atomic E-state index is -0.833. The molecular formula is C16H23NO3. The number of hydrogen-bond donors (Lipinski definition) is 0. The molecule has 4 nitrogen and oxygen atoms in total. The topological polar surface area (TPSA) is 38.8 Å². The van der Waals surface area contributed by atoms with Gasteiger partial charge in [-0.1, -0.05) is 6.07 Å². The van der Waals surface area contributed by atoms with Crippen molar-refractivity contribution in [2.24, 2.45) is 0 Å². The van der Waals surface area contributed by atoms with Gasteiger partial charge in [-0.25, -0.2) is 0 Å². The van der Waals surface area contributed by atoms with E-state index in [0.29, 0.717) is 13.2 Å². The Morgan fingerprint density at radius 1 is 1.35 bits per heavy atom. The molecule has 0 radical (unpaired) electrons. The SMILES string of the molecule is Cc1ccc2c(c1)N(CCOC(C)C)C(=O)C(C)(C)O2. The number of anilines is 1. The minimum Gasteiger partial charge on any atom is -0.476 e. The van der Waals surface area contributed by atoms with Gasteiger partial charge >= 0.3 is 0 Å². The number of rotatable bonds is 4. The Bertz CT molecular complexity index is 508. The summed E-state index contributed by atoms with van der Waals surface area (Å²) in [6.07, 6.45) is 0.163. The summed E-state index contributed by atoms with van der Waals surface area (Å²) in [7, 11) is 0. The van der Waals surface area contributed by atoms with Gasteiger partial charge in [0.2, 0.25) is 0 Å². The minimum absolute atomic E-state index is 0.0250. The molecule has 1 aliphatic rings. The molecule has 1 amide bonds. The predicted molar refractivity (Wildman–Crippen MR) is 79.3 cm³/mol. The standard InChI is InChI=1S/C16H23NO3/c1-11(2)19-9-8-17-13-10-12(3)6-7-14(13)20-16(4,5)15(17)18/h6-7,10-11H,8-9H2,1-5H3. The van der Waals surface area contributed by atoms with E-state index in [1.165, 1.54) is 0 Å². The zero-order chi connectivity index (χ0) is 14.9. The maximum atomic E-state index is 12.5. The summed E-state index contributed by atoms with van der Waals surface area (Å²) in [6, 6.07) is 5.90. The lowest BCUT2D eigenvalue weighted by atomic mass is 10.0. The second kappa shape index (κ2) is 5.44. The quantitative estimate of drug-likeness (QED) is 0.849. The van der Waals surface area contributed by atoms with Gasteiger partial charge in [-0.05, 0) is 52.3 Å². The number of benzene rings is 1. The third-order valence-electron chi connectivity index (χ3n) is 3.30. The van der Waals surface area contributed by atoms with Crippen LogP contribution in [0.15, 0.2) is 18.2 Å². The van der Waals surface area contributed by atoms with Crippen molar-refractivity contribution < 1.29 is 14.3 Å². The van der Waals surface area contributed by atoms with Crippen LogP contribution in [0.3, 0.4) is 0 Å². The van der Waals surface area contributed by atoms with E-state index in [9.17, 15) is 4.79 Å². The lowest BCUT2D eigenvalue weighted by Gasteiger charge is -2.39. The van der Waals surface area contributed by atoms with E-state index in [1.54, 1.807) is 18.7 Å². The van der Waals surface area contributed by atoms with Crippen LogP contribution in [-0.2, 0) is 9.53 Å². The highest BCUT2D eigenvalue weighted by molar-refractivity contribution is 6.02. The Balaban J connectivity index is 2.28. The number of aryl methyl sites for hydroxylation is 1. The molecule has 1 heterocycles. The first-order valence-corrected chi connectivity index (χ1v) is 7.04. The Morgan fingerprint density at radius 3 is 2.70 bits per heavy atom. The van der Waals surface area contributed by atoms with E-state index < -0.39 is 5.60 Å². The molecule has 4 heteroatoms. The number of ether oxygens (including phenoxy) is 2. The Kier molecular flexibility index (Phi) is 4.04. The van der Waals surface area contributed by atoms with Crippen LogP contribution in [0.4, 0.5) is 5.69 Å². The lowest BCUT2D eigenvalue weighted by molar-refractivity contribution is -0.133. The van der Waals surface area contributed by atoms with Gasteiger partial charge < -0.3 is 14.4 Å². The van der Waals surface area contributed by atoms with Crippen LogP contribution in [0.1, 0.15) is 33.3 Å². The molecule has 20 heavy (non-hydrogen) atoms. The Morgan fingerprint density at radius 2 is 2.05 bits per heavy atom. The van der Waals surface area contributed by atoms with Crippen LogP contribution >= 0.6 is 0 Å². The third kappa shape index (κ3) is 2.96. The van der Waals surface area contributed by atoms with Crippen LogP contribution < -0.4 is 9.64 Å². The maximum absolute atomic E-state index is 12.5.